The van der Waals surface area contributed by atoms with E-state index in [0.717, 1.165) is 23.3 Å². The summed E-state index contributed by atoms with van der Waals surface area (Å²) < 4.78 is 2.04. The molecule has 2 nitrogen and oxygen atoms in total. The molecule has 0 saturated heterocycles. The second kappa shape index (κ2) is 2.52. The Balaban J connectivity index is 2.15. The first-order valence-corrected chi connectivity index (χ1v) is 4.32. The van der Waals surface area contributed by atoms with E-state index in [2.05, 4.69) is 4.98 Å². The Hall–Kier alpha value is -0.500. The molecule has 1 fully saturated rings. The number of rotatable bonds is 2. The Morgan fingerprint density at radius 2 is 2.45 bits per heavy atom. The third kappa shape index (κ3) is 1.41. The summed E-state index contributed by atoms with van der Waals surface area (Å²) in [6.45, 7) is 2.99. The highest BCUT2D eigenvalue weighted by molar-refractivity contribution is 6.30. The van der Waals surface area contributed by atoms with E-state index in [-0.39, 0.29) is 0 Å². The molecule has 1 aromatic rings. The molecule has 0 atom stereocenters. The molecule has 1 aliphatic carbocycles. The van der Waals surface area contributed by atoms with Crippen LogP contribution in [0.5, 0.6) is 0 Å². The van der Waals surface area contributed by atoms with Gasteiger partial charge in [-0.2, -0.15) is 0 Å². The minimum atomic E-state index is 0.803. The summed E-state index contributed by atoms with van der Waals surface area (Å²) in [7, 11) is 0. The van der Waals surface area contributed by atoms with Crippen molar-refractivity contribution in [1.29, 1.82) is 0 Å². The third-order valence-corrected chi connectivity index (χ3v) is 2.58. The molecule has 2 rings (SSSR count). The molecule has 0 N–H and O–H groups in total. The molecule has 0 aliphatic heterocycles. The Morgan fingerprint density at radius 3 is 2.91 bits per heavy atom. The lowest BCUT2D eigenvalue weighted by molar-refractivity contribution is 0.627. The number of hydrogen-bond donors (Lipinski definition) is 0. The quantitative estimate of drug-likeness (QED) is 0.666. The van der Waals surface area contributed by atoms with Gasteiger partial charge in [-0.1, -0.05) is 11.6 Å². The van der Waals surface area contributed by atoms with Crippen molar-refractivity contribution >= 4 is 11.6 Å². The molecule has 1 heterocycles. The van der Waals surface area contributed by atoms with Crippen molar-refractivity contribution < 1.29 is 0 Å². The average Bonchev–Trinajstić information content (AvgIpc) is 2.74. The summed E-state index contributed by atoms with van der Waals surface area (Å²) >= 11 is 5.98. The van der Waals surface area contributed by atoms with Crippen LogP contribution >= 0.6 is 11.6 Å². The van der Waals surface area contributed by atoms with Gasteiger partial charge >= 0.3 is 0 Å². The third-order valence-electron chi connectivity index (χ3n) is 2.09. The van der Waals surface area contributed by atoms with Crippen LogP contribution in [0, 0.1) is 12.8 Å². The van der Waals surface area contributed by atoms with Gasteiger partial charge in [0.15, 0.2) is 0 Å². The van der Waals surface area contributed by atoms with Crippen LogP contribution in [0.2, 0.25) is 5.15 Å². The Bertz CT molecular complexity index is 263. The number of nitrogens with zero attached hydrogens (tertiary/aromatic N) is 2. The van der Waals surface area contributed by atoms with Gasteiger partial charge in [-0.15, -0.1) is 0 Å². The summed E-state index contributed by atoms with van der Waals surface area (Å²) in [5.41, 5.74) is 0.937. The maximum absolute atomic E-state index is 5.98. The Morgan fingerprint density at radius 1 is 1.73 bits per heavy atom. The van der Waals surface area contributed by atoms with Crippen LogP contribution in [0.3, 0.4) is 0 Å². The van der Waals surface area contributed by atoms with E-state index in [1.54, 1.807) is 0 Å². The van der Waals surface area contributed by atoms with Gasteiger partial charge in [-0.3, -0.25) is 0 Å². The van der Waals surface area contributed by atoms with E-state index in [1.807, 2.05) is 17.8 Å². The highest BCUT2D eigenvalue weighted by atomic mass is 35.5. The predicted molar refractivity (Wildman–Crippen MR) is 44.7 cm³/mol. The van der Waals surface area contributed by atoms with Crippen molar-refractivity contribution in [2.24, 2.45) is 5.92 Å². The first kappa shape index (κ1) is 7.17. The fraction of sp³-hybridized carbons (Fsp3) is 0.625. The van der Waals surface area contributed by atoms with Gasteiger partial charge in [0, 0.05) is 6.54 Å². The van der Waals surface area contributed by atoms with Crippen molar-refractivity contribution in [2.45, 2.75) is 26.3 Å². The van der Waals surface area contributed by atoms with Crippen molar-refractivity contribution in [1.82, 2.24) is 9.55 Å². The zero-order valence-corrected chi connectivity index (χ0v) is 7.30. The summed E-state index contributed by atoms with van der Waals surface area (Å²) in [6.07, 6.45) is 4.54. The second-order valence-corrected chi connectivity index (χ2v) is 3.57. The lowest BCUT2D eigenvalue weighted by Crippen LogP contribution is -1.97. The Kier molecular flexibility index (Phi) is 1.64. The number of hydrogen-bond acceptors (Lipinski definition) is 1. The Labute approximate surface area is 71.2 Å². The lowest BCUT2D eigenvalue weighted by Gasteiger charge is -2.00. The van der Waals surface area contributed by atoms with Crippen LogP contribution in [0.4, 0.5) is 0 Å². The first-order chi connectivity index (χ1) is 5.27. The molecule has 1 aromatic heterocycles. The molecular formula is C8H11ClN2. The van der Waals surface area contributed by atoms with Crippen LogP contribution in [-0.4, -0.2) is 9.55 Å². The molecule has 0 radical (unpaired) electrons. The van der Waals surface area contributed by atoms with E-state index >= 15 is 0 Å². The average molecular weight is 171 g/mol. The smallest absolute Gasteiger partial charge is 0.131 e. The zero-order valence-electron chi connectivity index (χ0n) is 6.55. The molecule has 0 unspecified atom stereocenters. The van der Waals surface area contributed by atoms with E-state index in [4.69, 9.17) is 11.6 Å². The largest absolute Gasteiger partial charge is 0.321 e. The number of aromatic nitrogens is 2. The van der Waals surface area contributed by atoms with Gasteiger partial charge in [0.25, 0.3) is 0 Å². The van der Waals surface area contributed by atoms with Crippen LogP contribution in [0.15, 0.2) is 6.33 Å². The summed E-state index contributed by atoms with van der Waals surface area (Å²) in [5.74, 6) is 0.862. The zero-order chi connectivity index (χ0) is 7.84. The molecule has 60 valence electrons. The molecule has 3 heteroatoms. The first-order valence-electron chi connectivity index (χ1n) is 3.94. The fourth-order valence-corrected chi connectivity index (χ4v) is 1.34. The molecule has 0 spiro atoms. The van der Waals surface area contributed by atoms with Crippen molar-refractivity contribution in [2.75, 3.05) is 0 Å². The highest BCUT2D eigenvalue weighted by Crippen LogP contribution is 2.31. The monoisotopic (exact) mass is 170 g/mol. The number of aryl methyl sites for hydroxylation is 1. The molecule has 1 saturated carbocycles. The van der Waals surface area contributed by atoms with E-state index in [1.165, 1.54) is 12.8 Å². The van der Waals surface area contributed by atoms with Gasteiger partial charge < -0.3 is 4.57 Å². The molecule has 11 heavy (non-hydrogen) atoms. The van der Waals surface area contributed by atoms with Gasteiger partial charge in [-0.25, -0.2) is 4.98 Å². The minimum absolute atomic E-state index is 0.803. The van der Waals surface area contributed by atoms with Gasteiger partial charge in [0.1, 0.15) is 5.15 Å². The van der Waals surface area contributed by atoms with Crippen molar-refractivity contribution in [3.05, 3.63) is 17.2 Å². The molecule has 0 aromatic carbocycles. The number of imidazole rings is 1. The summed E-state index contributed by atoms with van der Waals surface area (Å²) in [4.78, 5) is 4.13. The van der Waals surface area contributed by atoms with Gasteiger partial charge in [0.05, 0.1) is 12.0 Å². The SMILES string of the molecule is Cc1ncn(CC2CC2)c1Cl. The fourth-order valence-electron chi connectivity index (χ4n) is 1.17. The molecule has 0 amide bonds. The van der Waals surface area contributed by atoms with Crippen LogP contribution in [0.25, 0.3) is 0 Å². The van der Waals surface area contributed by atoms with Crippen molar-refractivity contribution in [3.63, 3.8) is 0 Å². The number of halogens is 1. The topological polar surface area (TPSA) is 17.8 Å². The molecule has 0 bridgehead atoms. The predicted octanol–water partition coefficient (Wildman–Crippen LogP) is 2.25. The van der Waals surface area contributed by atoms with Crippen LogP contribution < -0.4 is 0 Å². The maximum atomic E-state index is 5.98. The van der Waals surface area contributed by atoms with E-state index < -0.39 is 0 Å². The maximum Gasteiger partial charge on any atom is 0.131 e. The van der Waals surface area contributed by atoms with Gasteiger partial charge in [-0.05, 0) is 25.7 Å². The molecular weight excluding hydrogens is 160 g/mol. The van der Waals surface area contributed by atoms with Gasteiger partial charge in [0.2, 0.25) is 0 Å². The minimum Gasteiger partial charge on any atom is -0.321 e. The standard InChI is InChI=1S/C8H11ClN2/c1-6-8(9)11(5-10-6)4-7-2-3-7/h5,7H,2-4H2,1H3. The van der Waals surface area contributed by atoms with Crippen LogP contribution in [0.1, 0.15) is 18.5 Å². The highest BCUT2D eigenvalue weighted by Gasteiger charge is 2.22. The lowest BCUT2D eigenvalue weighted by atomic mass is 10.4. The van der Waals surface area contributed by atoms with Crippen molar-refractivity contribution in [3.8, 4) is 0 Å². The van der Waals surface area contributed by atoms with E-state index in [9.17, 15) is 0 Å². The second-order valence-electron chi connectivity index (χ2n) is 3.22. The van der Waals surface area contributed by atoms with Crippen LogP contribution in [-0.2, 0) is 6.54 Å². The summed E-state index contributed by atoms with van der Waals surface area (Å²) in [5, 5.41) is 0.803. The molecule has 1 aliphatic rings. The van der Waals surface area contributed by atoms with E-state index in [0.29, 0.717) is 0 Å². The normalized spacial score (nSPS) is 17.3. The summed E-state index contributed by atoms with van der Waals surface area (Å²) in [6, 6.07) is 0.